The van der Waals surface area contributed by atoms with Crippen LogP contribution in [-0.2, 0) is 9.59 Å². The fraction of sp³-hybridized carbons (Fsp3) is 0.467. The highest BCUT2D eigenvalue weighted by Crippen LogP contribution is 2.34. The van der Waals surface area contributed by atoms with Crippen LogP contribution in [0.3, 0.4) is 0 Å². The Bertz CT molecular complexity index is 502. The number of fused-ring (bicyclic) bond motifs is 1. The standard InChI is InChI=1S/C15H20N2O3/c1-11-7-9-17(13-6-3-2-5-12(11)13)15(20)14(19)16-8-4-10-18/h2-3,5-6,11,18H,4,7-10H2,1H3,(H,16,19). The SMILES string of the molecule is CC1CCN(C(=O)C(=O)NCCCO)c2ccccc21. The quantitative estimate of drug-likeness (QED) is 0.640. The predicted octanol–water partition coefficient (Wildman–Crippen LogP) is 1.03. The number of carbonyl (C=O) groups is 2. The smallest absolute Gasteiger partial charge is 0.316 e. The summed E-state index contributed by atoms with van der Waals surface area (Å²) in [4.78, 5) is 25.6. The van der Waals surface area contributed by atoms with Crippen LogP contribution in [-0.4, -0.2) is 36.6 Å². The molecular formula is C15H20N2O3. The second-order valence-corrected chi connectivity index (χ2v) is 5.04. The molecule has 0 radical (unpaired) electrons. The maximum absolute atomic E-state index is 12.2. The van der Waals surface area contributed by atoms with Gasteiger partial charge in [0.2, 0.25) is 0 Å². The number of rotatable bonds is 3. The largest absolute Gasteiger partial charge is 0.396 e. The number of amides is 2. The Morgan fingerprint density at radius 1 is 1.40 bits per heavy atom. The van der Waals surface area contributed by atoms with Crippen LogP contribution in [0.5, 0.6) is 0 Å². The molecule has 108 valence electrons. The van der Waals surface area contributed by atoms with E-state index in [9.17, 15) is 9.59 Å². The number of aliphatic hydroxyl groups is 1. The number of carbonyl (C=O) groups excluding carboxylic acids is 2. The van der Waals surface area contributed by atoms with E-state index in [2.05, 4.69) is 12.2 Å². The van der Waals surface area contributed by atoms with Crippen molar-refractivity contribution in [1.82, 2.24) is 5.32 Å². The number of hydrogen-bond acceptors (Lipinski definition) is 3. The molecule has 20 heavy (non-hydrogen) atoms. The van der Waals surface area contributed by atoms with Gasteiger partial charge in [-0.25, -0.2) is 0 Å². The molecule has 1 aliphatic rings. The fourth-order valence-electron chi connectivity index (χ4n) is 2.44. The molecule has 0 spiro atoms. The Morgan fingerprint density at radius 3 is 2.90 bits per heavy atom. The summed E-state index contributed by atoms with van der Waals surface area (Å²) in [6.45, 7) is 3.00. The molecule has 1 atom stereocenters. The van der Waals surface area contributed by atoms with E-state index in [1.807, 2.05) is 24.3 Å². The lowest BCUT2D eigenvalue weighted by molar-refractivity contribution is -0.137. The topological polar surface area (TPSA) is 69.6 Å². The lowest BCUT2D eigenvalue weighted by Gasteiger charge is -2.32. The Balaban J connectivity index is 2.11. The molecule has 1 unspecified atom stereocenters. The number of benzene rings is 1. The van der Waals surface area contributed by atoms with Crippen LogP contribution in [0.25, 0.3) is 0 Å². The van der Waals surface area contributed by atoms with E-state index in [1.54, 1.807) is 4.90 Å². The van der Waals surface area contributed by atoms with Gasteiger partial charge in [-0.3, -0.25) is 9.59 Å². The molecule has 0 saturated carbocycles. The van der Waals surface area contributed by atoms with Gasteiger partial charge in [0.1, 0.15) is 0 Å². The Morgan fingerprint density at radius 2 is 2.15 bits per heavy atom. The van der Waals surface area contributed by atoms with Gasteiger partial charge in [0, 0.05) is 25.4 Å². The van der Waals surface area contributed by atoms with E-state index < -0.39 is 11.8 Å². The molecule has 0 bridgehead atoms. The molecule has 1 aromatic carbocycles. The summed E-state index contributed by atoms with van der Waals surface area (Å²) in [5, 5.41) is 11.2. The van der Waals surface area contributed by atoms with Crippen LogP contribution in [0.1, 0.15) is 31.2 Å². The van der Waals surface area contributed by atoms with Gasteiger partial charge in [0.25, 0.3) is 0 Å². The number of para-hydroxylation sites is 1. The molecule has 1 aromatic rings. The minimum Gasteiger partial charge on any atom is -0.396 e. The number of nitrogens with zero attached hydrogens (tertiary/aromatic N) is 1. The predicted molar refractivity (Wildman–Crippen MR) is 76.5 cm³/mol. The third kappa shape index (κ3) is 2.99. The summed E-state index contributed by atoms with van der Waals surface area (Å²) in [6.07, 6.45) is 1.30. The average molecular weight is 276 g/mol. The van der Waals surface area contributed by atoms with Crippen molar-refractivity contribution in [2.45, 2.75) is 25.7 Å². The van der Waals surface area contributed by atoms with E-state index in [1.165, 1.54) is 0 Å². The van der Waals surface area contributed by atoms with Crippen molar-refractivity contribution < 1.29 is 14.7 Å². The van der Waals surface area contributed by atoms with Crippen LogP contribution in [0.2, 0.25) is 0 Å². The zero-order valence-electron chi connectivity index (χ0n) is 11.6. The van der Waals surface area contributed by atoms with Gasteiger partial charge in [-0.2, -0.15) is 0 Å². The maximum atomic E-state index is 12.2. The normalized spacial score (nSPS) is 17.5. The number of aliphatic hydroxyl groups excluding tert-OH is 1. The van der Waals surface area contributed by atoms with Gasteiger partial charge in [0.15, 0.2) is 0 Å². The third-order valence-corrected chi connectivity index (χ3v) is 3.60. The molecule has 0 aromatic heterocycles. The Kier molecular flexibility index (Phi) is 4.74. The first-order valence-corrected chi connectivity index (χ1v) is 6.94. The summed E-state index contributed by atoms with van der Waals surface area (Å²) in [5.74, 6) is -0.738. The van der Waals surface area contributed by atoms with Crippen molar-refractivity contribution in [2.75, 3.05) is 24.6 Å². The highest BCUT2D eigenvalue weighted by molar-refractivity contribution is 6.40. The van der Waals surface area contributed by atoms with Crippen LogP contribution in [0, 0.1) is 0 Å². The molecule has 2 N–H and O–H groups in total. The summed E-state index contributed by atoms with van der Waals surface area (Å²) in [6, 6.07) is 7.71. The molecule has 5 nitrogen and oxygen atoms in total. The van der Waals surface area contributed by atoms with E-state index in [0.717, 1.165) is 17.7 Å². The van der Waals surface area contributed by atoms with Gasteiger partial charge in [-0.05, 0) is 30.4 Å². The highest BCUT2D eigenvalue weighted by Gasteiger charge is 2.29. The molecule has 1 aliphatic heterocycles. The average Bonchev–Trinajstić information content (AvgIpc) is 2.47. The highest BCUT2D eigenvalue weighted by atomic mass is 16.3. The monoisotopic (exact) mass is 276 g/mol. The first-order chi connectivity index (χ1) is 9.65. The molecule has 5 heteroatoms. The number of nitrogens with one attached hydrogen (secondary N) is 1. The van der Waals surface area contributed by atoms with E-state index in [4.69, 9.17) is 5.11 Å². The van der Waals surface area contributed by atoms with Crippen LogP contribution in [0.15, 0.2) is 24.3 Å². The molecule has 2 amide bonds. The minimum absolute atomic E-state index is 0.00146. The van der Waals surface area contributed by atoms with Gasteiger partial charge in [0.05, 0.1) is 0 Å². The van der Waals surface area contributed by atoms with E-state index in [-0.39, 0.29) is 6.61 Å². The van der Waals surface area contributed by atoms with Gasteiger partial charge < -0.3 is 15.3 Å². The second kappa shape index (κ2) is 6.52. The van der Waals surface area contributed by atoms with Crippen LogP contribution >= 0.6 is 0 Å². The van der Waals surface area contributed by atoms with E-state index >= 15 is 0 Å². The van der Waals surface area contributed by atoms with Crippen molar-refractivity contribution in [3.8, 4) is 0 Å². The van der Waals surface area contributed by atoms with Crippen molar-refractivity contribution in [3.05, 3.63) is 29.8 Å². The summed E-state index contributed by atoms with van der Waals surface area (Å²) in [7, 11) is 0. The summed E-state index contributed by atoms with van der Waals surface area (Å²) >= 11 is 0. The van der Waals surface area contributed by atoms with Gasteiger partial charge in [-0.15, -0.1) is 0 Å². The van der Waals surface area contributed by atoms with Gasteiger partial charge in [-0.1, -0.05) is 25.1 Å². The van der Waals surface area contributed by atoms with Crippen molar-refractivity contribution in [3.63, 3.8) is 0 Å². The van der Waals surface area contributed by atoms with E-state index in [0.29, 0.717) is 25.4 Å². The lowest BCUT2D eigenvalue weighted by Crippen LogP contribution is -2.45. The zero-order chi connectivity index (χ0) is 14.5. The molecule has 0 aliphatic carbocycles. The molecular weight excluding hydrogens is 256 g/mol. The zero-order valence-corrected chi connectivity index (χ0v) is 11.6. The second-order valence-electron chi connectivity index (χ2n) is 5.04. The first kappa shape index (κ1) is 14.5. The molecule has 0 fully saturated rings. The Labute approximate surface area is 118 Å². The van der Waals surface area contributed by atoms with Gasteiger partial charge >= 0.3 is 11.8 Å². The first-order valence-electron chi connectivity index (χ1n) is 6.94. The van der Waals surface area contributed by atoms with Crippen LogP contribution < -0.4 is 10.2 Å². The number of hydrogen-bond donors (Lipinski definition) is 2. The maximum Gasteiger partial charge on any atom is 0.316 e. The molecule has 2 rings (SSSR count). The summed E-state index contributed by atoms with van der Waals surface area (Å²) in [5.41, 5.74) is 1.93. The van der Waals surface area contributed by atoms with Crippen molar-refractivity contribution >= 4 is 17.5 Å². The Hall–Kier alpha value is -1.88. The molecule has 1 heterocycles. The van der Waals surface area contributed by atoms with Crippen LogP contribution in [0.4, 0.5) is 5.69 Å². The van der Waals surface area contributed by atoms with Crippen molar-refractivity contribution in [1.29, 1.82) is 0 Å². The lowest BCUT2D eigenvalue weighted by atomic mass is 9.91. The summed E-state index contributed by atoms with van der Waals surface area (Å²) < 4.78 is 0. The molecule has 0 saturated heterocycles. The minimum atomic E-state index is -0.609. The van der Waals surface area contributed by atoms with Crippen molar-refractivity contribution in [2.24, 2.45) is 0 Å². The third-order valence-electron chi connectivity index (χ3n) is 3.60. The fourth-order valence-corrected chi connectivity index (χ4v) is 2.44. The number of anilines is 1.